The number of hydrogen-bond acceptors (Lipinski definition) is 6. The first kappa shape index (κ1) is 22.5. The first-order valence-electron chi connectivity index (χ1n) is 9.85. The summed E-state index contributed by atoms with van der Waals surface area (Å²) >= 11 is 0. The molecule has 2 heterocycles. The van der Waals surface area contributed by atoms with E-state index in [9.17, 15) is 0 Å². The van der Waals surface area contributed by atoms with Gasteiger partial charge < -0.3 is 27.6 Å². The molecule has 0 aliphatic carbocycles. The van der Waals surface area contributed by atoms with Crippen molar-refractivity contribution in [3.8, 4) is 0 Å². The molecule has 5 unspecified atom stereocenters. The van der Waals surface area contributed by atoms with Crippen molar-refractivity contribution >= 4 is 23.8 Å². The van der Waals surface area contributed by atoms with E-state index >= 15 is 0 Å². The Hall–Kier alpha value is 0.259. The molecule has 2 aliphatic rings. The van der Waals surface area contributed by atoms with Gasteiger partial charge in [0, 0.05) is 7.11 Å². The highest BCUT2D eigenvalue weighted by molar-refractivity contribution is 6.70. The van der Waals surface area contributed by atoms with E-state index in [4.69, 9.17) is 27.6 Å². The third-order valence-corrected chi connectivity index (χ3v) is 6.42. The van der Waals surface area contributed by atoms with E-state index in [1.807, 2.05) is 0 Å². The van der Waals surface area contributed by atoms with Gasteiger partial charge >= 0.3 is 7.12 Å². The van der Waals surface area contributed by atoms with Crippen molar-refractivity contribution in [2.45, 2.75) is 96.1 Å². The number of ether oxygens (including phenoxy) is 2. The minimum absolute atomic E-state index is 0.180. The Bertz CT molecular complexity index is 442. The average Bonchev–Trinajstić information content (AvgIpc) is 2.94. The lowest BCUT2D eigenvalue weighted by Crippen LogP contribution is -2.61. The Kier molecular flexibility index (Phi) is 7.95. The largest absolute Gasteiger partial charge is 0.457 e. The molecule has 152 valence electrons. The van der Waals surface area contributed by atoms with E-state index in [2.05, 4.69) is 46.2 Å². The van der Waals surface area contributed by atoms with Crippen LogP contribution in [-0.4, -0.2) is 68.2 Å². The molecule has 5 atom stereocenters. The molecule has 0 spiro atoms. The highest BCUT2D eigenvalue weighted by Crippen LogP contribution is 2.36. The summed E-state index contributed by atoms with van der Waals surface area (Å²) in [5, 5.41) is 0. The van der Waals surface area contributed by atoms with Crippen molar-refractivity contribution in [1.82, 2.24) is 0 Å². The molecule has 0 saturated carbocycles. The third-order valence-electron chi connectivity index (χ3n) is 4.40. The lowest BCUT2D eigenvalue weighted by atomic mass is 9.83. The second kappa shape index (κ2) is 9.17. The summed E-state index contributed by atoms with van der Waals surface area (Å²) in [5.74, 6) is 0. The third kappa shape index (κ3) is 6.41. The summed E-state index contributed by atoms with van der Waals surface area (Å²) in [6.45, 7) is 15.7. The number of unbranched alkanes of at least 4 members (excludes halogenated alkanes) is 1. The van der Waals surface area contributed by atoms with E-state index in [0.29, 0.717) is 6.61 Å². The van der Waals surface area contributed by atoms with Crippen LogP contribution in [0, 0.1) is 0 Å². The molecular formula is C17H37BO6Si2. The van der Waals surface area contributed by atoms with Crippen LogP contribution < -0.4 is 0 Å². The van der Waals surface area contributed by atoms with Gasteiger partial charge in [-0.2, -0.15) is 0 Å². The van der Waals surface area contributed by atoms with Crippen LogP contribution in [0.2, 0.25) is 45.6 Å². The second-order valence-corrected chi connectivity index (χ2v) is 18.1. The summed E-state index contributed by atoms with van der Waals surface area (Å²) < 4.78 is 36.9. The summed E-state index contributed by atoms with van der Waals surface area (Å²) in [5.41, 5.74) is 0. The summed E-state index contributed by atoms with van der Waals surface area (Å²) in [6, 6.07) is 0. The molecule has 0 N–H and O–H groups in total. The van der Waals surface area contributed by atoms with Gasteiger partial charge in [-0.15, -0.1) is 0 Å². The molecule has 2 rings (SSSR count). The number of methoxy groups -OCH3 is 1. The normalized spacial score (nSPS) is 32.8. The van der Waals surface area contributed by atoms with Gasteiger partial charge in [-0.3, -0.25) is 0 Å². The molecule has 0 radical (unpaired) electrons. The van der Waals surface area contributed by atoms with E-state index in [1.54, 1.807) is 7.11 Å². The highest BCUT2D eigenvalue weighted by Gasteiger charge is 2.55. The Labute approximate surface area is 161 Å². The first-order valence-corrected chi connectivity index (χ1v) is 16.7. The van der Waals surface area contributed by atoms with Crippen molar-refractivity contribution in [1.29, 1.82) is 0 Å². The average molecular weight is 404 g/mol. The Balaban J connectivity index is 2.16. The molecule has 2 saturated heterocycles. The van der Waals surface area contributed by atoms with Crippen LogP contribution in [0.3, 0.4) is 0 Å². The number of rotatable bonds is 9. The van der Waals surface area contributed by atoms with Crippen molar-refractivity contribution < 1.29 is 27.6 Å². The number of fused-ring (bicyclic) bond motifs is 1. The first-order chi connectivity index (χ1) is 12.0. The summed E-state index contributed by atoms with van der Waals surface area (Å²) in [7, 11) is -2.00. The molecule has 2 fully saturated rings. The van der Waals surface area contributed by atoms with Gasteiger partial charge in [-0.1, -0.05) is 19.8 Å². The molecule has 6 nitrogen and oxygen atoms in total. The van der Waals surface area contributed by atoms with Crippen molar-refractivity contribution in [2.75, 3.05) is 13.7 Å². The lowest BCUT2D eigenvalue weighted by Gasteiger charge is -2.44. The molecule has 0 aromatic heterocycles. The molecule has 0 bridgehead atoms. The monoisotopic (exact) mass is 404 g/mol. The van der Waals surface area contributed by atoms with Crippen LogP contribution >= 0.6 is 0 Å². The maximum absolute atomic E-state index is 6.39. The zero-order valence-corrected chi connectivity index (χ0v) is 19.7. The van der Waals surface area contributed by atoms with Gasteiger partial charge in [-0.25, -0.2) is 0 Å². The van der Waals surface area contributed by atoms with Gasteiger partial charge in [0.05, 0.1) is 18.8 Å². The zero-order chi connectivity index (χ0) is 19.5. The van der Waals surface area contributed by atoms with Crippen LogP contribution in [0.4, 0.5) is 0 Å². The van der Waals surface area contributed by atoms with E-state index in [0.717, 1.165) is 19.2 Å². The zero-order valence-electron chi connectivity index (χ0n) is 17.7. The van der Waals surface area contributed by atoms with Gasteiger partial charge in [0.15, 0.2) is 22.9 Å². The molecule has 9 heteroatoms. The minimum Gasteiger partial charge on any atom is -0.415 e. The van der Waals surface area contributed by atoms with Gasteiger partial charge in [0.1, 0.15) is 12.2 Å². The quantitative estimate of drug-likeness (QED) is 0.549. The second-order valence-electron chi connectivity index (χ2n) is 9.17. The maximum Gasteiger partial charge on any atom is 0.457 e. The van der Waals surface area contributed by atoms with Crippen LogP contribution in [0.15, 0.2) is 0 Å². The van der Waals surface area contributed by atoms with E-state index in [1.165, 1.54) is 0 Å². The topological polar surface area (TPSA) is 55.4 Å². The predicted octanol–water partition coefficient (Wildman–Crippen LogP) is 3.50. The molecular weight excluding hydrogens is 367 g/mol. The van der Waals surface area contributed by atoms with Crippen LogP contribution in [0.1, 0.15) is 19.8 Å². The van der Waals surface area contributed by atoms with Gasteiger partial charge in [0.25, 0.3) is 0 Å². The van der Waals surface area contributed by atoms with Crippen LogP contribution in [-0.2, 0) is 27.6 Å². The fraction of sp³-hybridized carbons (Fsp3) is 1.00. The van der Waals surface area contributed by atoms with E-state index < -0.39 is 22.9 Å². The molecule has 2 aliphatic heterocycles. The Morgan fingerprint density at radius 3 is 2.15 bits per heavy atom. The van der Waals surface area contributed by atoms with Crippen LogP contribution in [0.5, 0.6) is 0 Å². The minimum atomic E-state index is -1.80. The van der Waals surface area contributed by atoms with E-state index in [-0.39, 0.29) is 31.5 Å². The lowest BCUT2D eigenvalue weighted by molar-refractivity contribution is -0.269. The standard InChI is InChI=1S/C17H37BO6Si2/c1-9-10-11-18-22-14-13(12-20-25(3,4)5)21-17(19-2)16(15(14)23-18)24-26(6,7)8/h13-17H,9-12H2,1-8H3. The van der Waals surface area contributed by atoms with Crippen molar-refractivity contribution in [3.05, 3.63) is 0 Å². The molecule has 26 heavy (non-hydrogen) atoms. The predicted molar refractivity (Wildman–Crippen MR) is 108 cm³/mol. The van der Waals surface area contributed by atoms with Crippen LogP contribution in [0.25, 0.3) is 0 Å². The van der Waals surface area contributed by atoms with Crippen molar-refractivity contribution in [2.24, 2.45) is 0 Å². The summed E-state index contributed by atoms with van der Waals surface area (Å²) in [6.07, 6.45) is 1.78. The van der Waals surface area contributed by atoms with Gasteiger partial charge in [0.2, 0.25) is 0 Å². The summed E-state index contributed by atoms with van der Waals surface area (Å²) in [4.78, 5) is 0. The fourth-order valence-electron chi connectivity index (χ4n) is 3.28. The molecule has 0 aromatic rings. The molecule has 0 amide bonds. The SMILES string of the molecule is CCCCB1OC2C(CO[Si](C)(C)C)OC(OC)C(O[Si](C)(C)C)C2O1. The fourth-order valence-corrected chi connectivity index (χ4v) is 5.00. The Morgan fingerprint density at radius 2 is 1.62 bits per heavy atom. The van der Waals surface area contributed by atoms with Crippen molar-refractivity contribution in [3.63, 3.8) is 0 Å². The maximum atomic E-state index is 6.39. The van der Waals surface area contributed by atoms with Gasteiger partial charge in [-0.05, 0) is 45.6 Å². The smallest absolute Gasteiger partial charge is 0.415 e. The molecule has 0 aromatic carbocycles. The highest BCUT2D eigenvalue weighted by atomic mass is 28.4. The Morgan fingerprint density at radius 1 is 0.962 bits per heavy atom. The number of hydrogen-bond donors (Lipinski definition) is 0.